The van der Waals surface area contributed by atoms with Gasteiger partial charge >= 0.3 is 0 Å². The molecule has 2 aliphatic rings. The molecule has 0 amide bonds. The predicted octanol–water partition coefficient (Wildman–Crippen LogP) is 3.30. The minimum Gasteiger partial charge on any atom is -0.404 e. The highest BCUT2D eigenvalue weighted by molar-refractivity contribution is 5.97. The van der Waals surface area contributed by atoms with E-state index >= 15 is 0 Å². The molecule has 180 valence electrons. The van der Waals surface area contributed by atoms with Gasteiger partial charge in [0, 0.05) is 42.0 Å². The number of nitrogens with two attached hydrogens (primary N) is 2. The minimum absolute atomic E-state index is 0.0277. The Bertz CT molecular complexity index is 1260. The number of nitrogens with one attached hydrogen (secondary N) is 3. The molecule has 0 aliphatic carbocycles. The van der Waals surface area contributed by atoms with E-state index in [0.29, 0.717) is 17.0 Å². The second-order valence-corrected chi connectivity index (χ2v) is 8.02. The van der Waals surface area contributed by atoms with Crippen molar-refractivity contribution < 1.29 is 4.92 Å². The van der Waals surface area contributed by atoms with Gasteiger partial charge in [-0.1, -0.05) is 32.0 Å². The molecular weight excluding hydrogens is 444 g/mol. The van der Waals surface area contributed by atoms with Crippen molar-refractivity contribution >= 4 is 24.0 Å². The number of nitro benzene ring substituents is 1. The van der Waals surface area contributed by atoms with E-state index in [2.05, 4.69) is 20.6 Å². The predicted molar refractivity (Wildman–Crippen MR) is 139 cm³/mol. The van der Waals surface area contributed by atoms with E-state index in [4.69, 9.17) is 16.9 Å². The third-order valence-electron chi connectivity index (χ3n) is 5.23. The van der Waals surface area contributed by atoms with Crippen molar-refractivity contribution in [1.29, 1.82) is 5.41 Å². The fourth-order valence-corrected chi connectivity index (χ4v) is 3.32. The molecule has 0 fully saturated rings. The van der Waals surface area contributed by atoms with Crippen LogP contribution >= 0.6 is 0 Å². The molecule has 7 N–H and O–H groups in total. The maximum Gasteiger partial charge on any atom is 0.274 e. The Hall–Kier alpha value is -4.73. The number of rotatable bonds is 9. The summed E-state index contributed by atoms with van der Waals surface area (Å²) in [5, 5.41) is 25.1. The molecule has 0 unspecified atom stereocenters. The zero-order valence-corrected chi connectivity index (χ0v) is 19.5. The number of amidine groups is 1. The number of fused-ring (bicyclic) bond motifs is 1. The number of nitrogens with zero attached hydrogens (tertiary/aromatic N) is 3. The lowest BCUT2D eigenvalue weighted by atomic mass is 10.0. The third kappa shape index (κ3) is 6.41. The van der Waals surface area contributed by atoms with Crippen LogP contribution in [0.1, 0.15) is 19.4 Å². The highest BCUT2D eigenvalue weighted by Crippen LogP contribution is 2.23. The van der Waals surface area contributed by atoms with Crippen molar-refractivity contribution in [3.63, 3.8) is 0 Å². The summed E-state index contributed by atoms with van der Waals surface area (Å²) in [6.45, 7) is 4.12. The van der Waals surface area contributed by atoms with Crippen LogP contribution in [0, 0.1) is 21.4 Å². The zero-order valence-electron chi connectivity index (χ0n) is 19.5. The second kappa shape index (κ2) is 11.4. The molecule has 3 rings (SSSR count). The molecule has 0 aromatic heterocycles. The van der Waals surface area contributed by atoms with E-state index in [0.717, 1.165) is 22.5 Å². The van der Waals surface area contributed by atoms with Crippen LogP contribution in [0.4, 0.5) is 5.69 Å². The first-order valence-corrected chi connectivity index (χ1v) is 10.9. The summed E-state index contributed by atoms with van der Waals surface area (Å²) >= 11 is 0. The Labute approximate surface area is 203 Å². The Morgan fingerprint density at radius 1 is 1.26 bits per heavy atom. The van der Waals surface area contributed by atoms with Crippen molar-refractivity contribution in [3.8, 4) is 0 Å². The van der Waals surface area contributed by atoms with Gasteiger partial charge in [0.15, 0.2) is 0 Å². The first-order valence-electron chi connectivity index (χ1n) is 10.9. The molecule has 0 spiro atoms. The topological polar surface area (TPSA) is 168 Å². The summed E-state index contributed by atoms with van der Waals surface area (Å²) < 4.78 is 0. The molecule has 0 saturated heterocycles. The van der Waals surface area contributed by atoms with Crippen LogP contribution < -0.4 is 22.1 Å². The lowest BCUT2D eigenvalue weighted by Crippen LogP contribution is -2.27. The lowest BCUT2D eigenvalue weighted by Gasteiger charge is -2.23. The first kappa shape index (κ1) is 24.9. The fourth-order valence-electron chi connectivity index (χ4n) is 3.32. The van der Waals surface area contributed by atoms with E-state index in [9.17, 15) is 10.1 Å². The largest absolute Gasteiger partial charge is 0.404 e. The number of hydrogen-bond acceptors (Lipinski definition) is 8. The molecular formula is C25H28N8O2. The van der Waals surface area contributed by atoms with Crippen LogP contribution in [0.5, 0.6) is 0 Å². The van der Waals surface area contributed by atoms with Gasteiger partial charge in [-0.05, 0) is 35.8 Å². The lowest BCUT2D eigenvalue weighted by molar-refractivity contribution is -0.385. The molecule has 10 nitrogen and oxygen atoms in total. The SMILES string of the molecule is CC(C)C(C=N)=CC(N)=NC1=CC=C2NC=C(C(C=NCc3ccccc3[N+](=O)[O-])=CN)C=C2N1. The molecule has 2 aliphatic heterocycles. The van der Waals surface area contributed by atoms with Crippen molar-refractivity contribution in [2.24, 2.45) is 27.4 Å². The van der Waals surface area contributed by atoms with Crippen molar-refractivity contribution in [1.82, 2.24) is 10.6 Å². The summed E-state index contributed by atoms with van der Waals surface area (Å²) in [5.74, 6) is 1.00. The van der Waals surface area contributed by atoms with Crippen LogP contribution in [0.25, 0.3) is 0 Å². The van der Waals surface area contributed by atoms with Gasteiger partial charge in [0.1, 0.15) is 11.7 Å². The average molecular weight is 473 g/mol. The van der Waals surface area contributed by atoms with Crippen LogP contribution in [-0.4, -0.2) is 23.2 Å². The summed E-state index contributed by atoms with van der Waals surface area (Å²) in [7, 11) is 0. The number of dihydropyridines is 2. The second-order valence-electron chi connectivity index (χ2n) is 8.02. The number of nitro groups is 1. The van der Waals surface area contributed by atoms with Crippen LogP contribution in [0.15, 0.2) is 105 Å². The van der Waals surface area contributed by atoms with Gasteiger partial charge in [-0.3, -0.25) is 15.1 Å². The van der Waals surface area contributed by atoms with Gasteiger partial charge in [0.2, 0.25) is 0 Å². The van der Waals surface area contributed by atoms with Gasteiger partial charge in [0.25, 0.3) is 5.69 Å². The Balaban J connectivity index is 1.74. The molecule has 1 aromatic carbocycles. The Morgan fingerprint density at radius 2 is 2.03 bits per heavy atom. The average Bonchev–Trinajstić information content (AvgIpc) is 2.84. The number of allylic oxidation sites excluding steroid dienone is 6. The molecule has 0 saturated carbocycles. The number of aliphatic imine (C=N–C) groups is 2. The van der Waals surface area contributed by atoms with Gasteiger partial charge in [0.05, 0.1) is 28.4 Å². The summed E-state index contributed by atoms with van der Waals surface area (Å²) in [6, 6.07) is 6.49. The van der Waals surface area contributed by atoms with E-state index in [-0.39, 0.29) is 24.0 Å². The number of benzene rings is 1. The first-order chi connectivity index (χ1) is 16.8. The Kier molecular flexibility index (Phi) is 8.12. The molecule has 0 bridgehead atoms. The zero-order chi connectivity index (χ0) is 25.4. The molecule has 0 radical (unpaired) electrons. The van der Waals surface area contributed by atoms with Crippen molar-refractivity contribution in [3.05, 3.63) is 111 Å². The smallest absolute Gasteiger partial charge is 0.274 e. The Morgan fingerprint density at radius 3 is 2.71 bits per heavy atom. The summed E-state index contributed by atoms with van der Waals surface area (Å²) in [4.78, 5) is 19.5. The minimum atomic E-state index is -0.421. The van der Waals surface area contributed by atoms with Crippen LogP contribution in [0.2, 0.25) is 0 Å². The highest BCUT2D eigenvalue weighted by atomic mass is 16.6. The third-order valence-corrected chi connectivity index (χ3v) is 5.23. The number of hydrogen-bond donors (Lipinski definition) is 5. The maximum absolute atomic E-state index is 11.2. The van der Waals surface area contributed by atoms with Gasteiger partial charge in [-0.15, -0.1) is 0 Å². The van der Waals surface area contributed by atoms with Crippen molar-refractivity contribution in [2.75, 3.05) is 0 Å². The van der Waals surface area contributed by atoms with Crippen molar-refractivity contribution in [2.45, 2.75) is 20.4 Å². The van der Waals surface area contributed by atoms with E-state index in [1.54, 1.807) is 42.8 Å². The monoisotopic (exact) mass is 472 g/mol. The van der Waals surface area contributed by atoms with E-state index < -0.39 is 4.92 Å². The van der Waals surface area contributed by atoms with E-state index in [1.165, 1.54) is 18.5 Å². The molecule has 10 heteroatoms. The standard InChI is InChI=1S/C25H28N8O2/c1-16(2)18(11-26)10-24(28)32-25-8-7-21-22(31-25)9-19(15-30-21)20(12-27)14-29-13-17-5-3-4-6-23(17)33(34)35/h3-12,14-16,26,30-31H,13,27H2,1-2H3,(H2,28,32). The van der Waals surface area contributed by atoms with Crippen LogP contribution in [-0.2, 0) is 6.54 Å². The quantitative estimate of drug-likeness (QED) is 0.160. The molecule has 1 aromatic rings. The van der Waals surface area contributed by atoms with Gasteiger partial charge in [-0.25, -0.2) is 4.99 Å². The van der Waals surface area contributed by atoms with E-state index in [1.807, 2.05) is 26.0 Å². The van der Waals surface area contributed by atoms with Gasteiger partial charge < -0.3 is 27.5 Å². The highest BCUT2D eigenvalue weighted by Gasteiger charge is 2.17. The number of para-hydroxylation sites is 1. The van der Waals surface area contributed by atoms with Crippen LogP contribution in [0.3, 0.4) is 0 Å². The van der Waals surface area contributed by atoms with Gasteiger partial charge in [-0.2, -0.15) is 0 Å². The summed E-state index contributed by atoms with van der Waals surface area (Å²) in [5.41, 5.74) is 16.2. The molecule has 0 atom stereocenters. The molecule has 35 heavy (non-hydrogen) atoms. The normalized spacial score (nSPS) is 16.5. The summed E-state index contributed by atoms with van der Waals surface area (Å²) in [6.07, 6.45) is 13.3. The molecule has 2 heterocycles. The fraction of sp³-hybridized carbons (Fsp3) is 0.160. The maximum atomic E-state index is 11.2.